The molecule has 0 rings (SSSR count). The van der Waals surface area contributed by atoms with Crippen LogP contribution in [0.15, 0.2) is 0 Å². The van der Waals surface area contributed by atoms with Crippen molar-refractivity contribution in [2.45, 2.75) is 55.4 Å². The molecule has 4 radical (unpaired) electrons. The van der Waals surface area contributed by atoms with Crippen LogP contribution in [0.3, 0.4) is 0 Å². The van der Waals surface area contributed by atoms with Crippen molar-refractivity contribution in [3.8, 4) is 0 Å². The summed E-state index contributed by atoms with van der Waals surface area (Å²) in [6.45, 7) is 23.4. The first kappa shape index (κ1) is 135. The van der Waals surface area contributed by atoms with Crippen LogP contribution in [0.2, 0.25) is 0 Å². The van der Waals surface area contributed by atoms with Gasteiger partial charge in [0.1, 0.15) is 0 Å². The minimum Gasteiger partial charge on any atom is -0.549 e. The first-order chi connectivity index (χ1) is 55.2. The van der Waals surface area contributed by atoms with Crippen molar-refractivity contribution in [1.82, 2.24) is 103 Å². The van der Waals surface area contributed by atoms with Gasteiger partial charge in [0, 0.05) is 176 Å². The standard InChI is InChI=1S/C29H56N12O12.4C10H20N2O4.4Gd/c42-21(9-30-1-5-34-13-25(46)47)38-17-29(18-39-22(43)10-31-2-6-35-14-26(48)49,19-40-23(44)11-32-3-7-36-15-27(50)51)20-41-24(45)12-33-4-8-37-16-28(52)53;4*1-3-11(7-9(13)14)5-6-12(4-2)8-10(15)16;;;;/h30-37H,1-20H2,(H,38,42)(H,39,43)(H,40,44)(H,41,45)(H,46,47)(H,48,49)(H,50,51)(H,52,53);4*3-8H2,1-2H3,(H,13,14)(H,15,16);;;;/q;;;;;4*+3/p-6. The van der Waals surface area contributed by atoms with Crippen LogP contribution >= 0.6 is 0 Å². The van der Waals surface area contributed by atoms with Gasteiger partial charge in [0.2, 0.25) is 23.6 Å². The third kappa shape index (κ3) is 98.2. The van der Waals surface area contributed by atoms with Crippen LogP contribution in [0.4, 0.5) is 0 Å². The zero-order valence-corrected chi connectivity index (χ0v) is 79.3. The number of amides is 4. The van der Waals surface area contributed by atoms with Crippen LogP contribution in [-0.2, 0) is 76.7 Å². The molecule has 0 saturated heterocycles. The van der Waals surface area contributed by atoms with Crippen LogP contribution in [0.25, 0.3) is 0 Å². The fourth-order valence-corrected chi connectivity index (χ4v) is 9.47. The molecule has 121 heavy (non-hydrogen) atoms. The van der Waals surface area contributed by atoms with Crippen molar-refractivity contribution < 1.29 is 298 Å². The van der Waals surface area contributed by atoms with Gasteiger partial charge in [-0.3, -0.25) is 87.1 Å². The molecule has 0 aliphatic rings. The van der Waals surface area contributed by atoms with Gasteiger partial charge in [0.15, 0.2) is 0 Å². The van der Waals surface area contributed by atoms with E-state index < -0.39 is 101 Å². The van der Waals surface area contributed by atoms with Gasteiger partial charge < -0.3 is 154 Å². The van der Waals surface area contributed by atoms with E-state index in [2.05, 4.69) is 63.8 Å². The number of likely N-dealkylation sites (N-methyl/N-ethyl adjacent to an activating group) is 8. The van der Waals surface area contributed by atoms with E-state index >= 15 is 0 Å². The predicted molar refractivity (Wildman–Crippen MR) is 410 cm³/mol. The summed E-state index contributed by atoms with van der Waals surface area (Å²) in [6, 6.07) is 0. The third-order valence-corrected chi connectivity index (χ3v) is 16.1. The van der Waals surface area contributed by atoms with E-state index in [-0.39, 0.29) is 343 Å². The number of carbonyl (C=O) groups excluding carboxylic acids is 10. The molecule has 0 spiro atoms. The molecule has 4 amide bonds. The predicted octanol–water partition coefficient (Wildman–Crippen LogP) is -17.3. The monoisotopic (exact) mass is 2320 g/mol. The topological polar surface area (TPSA) is 703 Å². The number of carboxylic acid groups (broad SMARTS) is 12. The van der Waals surface area contributed by atoms with Crippen molar-refractivity contribution >= 4 is 95.3 Å². The Labute approximate surface area is 835 Å². The molecular formula is C69H130Gd4N20O28+6. The van der Waals surface area contributed by atoms with Crippen molar-refractivity contribution in [3.63, 3.8) is 0 Å². The molecule has 0 atom stereocenters. The van der Waals surface area contributed by atoms with Gasteiger partial charge in [0.25, 0.3) is 0 Å². The van der Waals surface area contributed by atoms with Crippen LogP contribution in [-0.4, -0.2) is 453 Å². The Kier molecular flexibility index (Phi) is 102. The number of hydrogen-bond acceptors (Lipinski definition) is 38. The first-order valence-corrected chi connectivity index (χ1v) is 38.2. The average Bonchev–Trinajstić information content (AvgIpc) is 0.855. The Morgan fingerprint density at radius 2 is 0.372 bits per heavy atom. The number of hydrogen-bond donors (Lipinski definition) is 18. The summed E-state index contributed by atoms with van der Waals surface area (Å²) in [5.74, 6) is -14.4. The molecule has 0 fully saturated rings. The van der Waals surface area contributed by atoms with Gasteiger partial charge in [-0.2, -0.15) is 0 Å². The summed E-state index contributed by atoms with van der Waals surface area (Å²) in [7, 11) is 0. The van der Waals surface area contributed by atoms with Crippen LogP contribution in [0.5, 0.6) is 0 Å². The molecule has 0 unspecified atom stereocenters. The molecule has 0 heterocycles. The average molecular weight is 2320 g/mol. The number of aliphatic carboxylic acids is 12. The van der Waals surface area contributed by atoms with Crippen molar-refractivity contribution in [2.75, 3.05) is 288 Å². The smallest absolute Gasteiger partial charge is 0.549 e. The quantitative estimate of drug-likeness (QED) is 0.0251. The summed E-state index contributed by atoms with van der Waals surface area (Å²) in [5, 5.41) is 147. The van der Waals surface area contributed by atoms with E-state index in [1.165, 1.54) is 0 Å². The molecule has 0 bridgehead atoms. The van der Waals surface area contributed by atoms with E-state index in [4.69, 9.17) is 30.6 Å². The molecule has 0 aromatic heterocycles. The fraction of sp³-hybridized carbons (Fsp3) is 0.768. The summed E-state index contributed by atoms with van der Waals surface area (Å²) >= 11 is 0. The molecule has 0 aromatic rings. The second-order valence-corrected chi connectivity index (χ2v) is 25.6. The van der Waals surface area contributed by atoms with Crippen LogP contribution in [0.1, 0.15) is 55.4 Å². The number of carbonyl (C=O) groups is 16. The van der Waals surface area contributed by atoms with E-state index in [1.807, 2.05) is 55.4 Å². The van der Waals surface area contributed by atoms with E-state index in [1.54, 1.807) is 39.2 Å². The Bertz CT molecular complexity index is 2390. The fourth-order valence-electron chi connectivity index (χ4n) is 9.47. The molecule has 0 saturated carbocycles. The Hall–Kier alpha value is -3.82. The van der Waals surface area contributed by atoms with Crippen molar-refractivity contribution in [2.24, 2.45) is 5.41 Å². The van der Waals surface area contributed by atoms with E-state index in [0.717, 1.165) is 0 Å². The van der Waals surface area contributed by atoms with Gasteiger partial charge in [-0.05, 0) is 52.4 Å². The molecule has 0 aliphatic heterocycles. The summed E-state index contributed by atoms with van der Waals surface area (Å²) in [6.07, 6.45) is 0. The van der Waals surface area contributed by atoms with E-state index in [0.29, 0.717) is 105 Å². The Morgan fingerprint density at radius 3 is 0.504 bits per heavy atom. The zero-order valence-electron chi connectivity index (χ0n) is 70.3. The maximum atomic E-state index is 12.7. The molecule has 18 N–H and O–H groups in total. The normalized spacial score (nSPS) is 10.6. The number of nitrogens with zero attached hydrogens (tertiary/aromatic N) is 8. The van der Waals surface area contributed by atoms with Crippen molar-refractivity contribution in [1.29, 1.82) is 0 Å². The van der Waals surface area contributed by atoms with Crippen molar-refractivity contribution in [3.05, 3.63) is 0 Å². The van der Waals surface area contributed by atoms with Gasteiger partial charge in [-0.15, -0.1) is 0 Å². The maximum Gasteiger partial charge on any atom is 3.00 e. The molecule has 0 aliphatic carbocycles. The number of carboxylic acids is 12. The van der Waals surface area contributed by atoms with Gasteiger partial charge in [0.05, 0.1) is 101 Å². The van der Waals surface area contributed by atoms with E-state index in [9.17, 15) is 107 Å². The first-order valence-electron chi connectivity index (χ1n) is 38.2. The SMILES string of the molecule is CCN(CCN(CC)CC(=O)O)CC(=O)[O-].CCN(CCN(CC)CC(=O)O)CC(=O)[O-].CCN(CCN(CC)CC(=O)O)CC(=O)[O-].CCN(CCN(CC)CC(=O)O)CC(=O)[O-].O=C([O-])CNCCNCC(=O)NCC(CNC(=O)CNCCNCC(=O)[O-])(CNC(=O)CNCCNCC(=O)O)CNC(=O)CNCCNCC(=O)O.[Gd+3].[Gd+3].[Gd+3].[Gd+3]. The van der Waals surface area contributed by atoms with Gasteiger partial charge >= 0.3 is 196 Å². The molecule has 52 heteroatoms. The Balaban J connectivity index is -0.000000214. The summed E-state index contributed by atoms with van der Waals surface area (Å²) in [5.41, 5.74) is -1.19. The van der Waals surface area contributed by atoms with Gasteiger partial charge in [-0.25, -0.2) is 0 Å². The maximum absolute atomic E-state index is 12.7. The second kappa shape index (κ2) is 90.9. The Morgan fingerprint density at radius 1 is 0.223 bits per heavy atom. The van der Waals surface area contributed by atoms with Gasteiger partial charge in [-0.1, -0.05) is 55.4 Å². The minimum atomic E-state index is -1.28. The largest absolute Gasteiger partial charge is 3.00 e. The summed E-state index contributed by atoms with van der Waals surface area (Å²) < 4.78 is 0. The van der Waals surface area contributed by atoms with Crippen LogP contribution < -0.4 is 94.4 Å². The molecule has 0 aromatic carbocycles. The second-order valence-electron chi connectivity index (χ2n) is 25.6. The number of rotatable bonds is 72. The number of nitrogens with one attached hydrogen (secondary N) is 12. The molecule has 48 nitrogen and oxygen atoms in total. The zero-order chi connectivity index (χ0) is 90.0. The minimum absolute atomic E-state index is 0. The molecular weight excluding hydrogens is 2190 g/mol. The summed E-state index contributed by atoms with van der Waals surface area (Å²) in [4.78, 5) is 191. The molecule has 700 valence electrons. The van der Waals surface area contributed by atoms with Crippen LogP contribution in [0, 0.1) is 165 Å². The third-order valence-electron chi connectivity index (χ3n) is 16.1.